The summed E-state index contributed by atoms with van der Waals surface area (Å²) in [5.74, 6) is -0.658. The molecule has 0 aliphatic carbocycles. The number of pyridine rings is 1. The Balaban J connectivity index is 2.03. The third-order valence-electron chi connectivity index (χ3n) is 4.42. The van der Waals surface area contributed by atoms with Gasteiger partial charge in [0, 0.05) is 32.9 Å². The number of nitrogen functional groups attached to an aromatic ring is 1. The van der Waals surface area contributed by atoms with Crippen LogP contribution in [0.5, 0.6) is 0 Å². The molecule has 4 amide bonds. The van der Waals surface area contributed by atoms with Gasteiger partial charge in [-0.15, -0.1) is 0 Å². The predicted octanol–water partition coefficient (Wildman–Crippen LogP) is 0.735. The maximum absolute atomic E-state index is 12.5. The first-order valence-electron chi connectivity index (χ1n) is 9.79. The van der Waals surface area contributed by atoms with E-state index in [4.69, 9.17) is 5.73 Å². The number of para-hydroxylation sites is 2. The number of benzene rings is 1. The van der Waals surface area contributed by atoms with Crippen molar-refractivity contribution in [1.82, 2.24) is 25.4 Å². The Kier molecular flexibility index (Phi) is 8.77. The first kappa shape index (κ1) is 23.6. The van der Waals surface area contributed by atoms with E-state index in [2.05, 4.69) is 20.9 Å². The third kappa shape index (κ3) is 7.59. The first-order chi connectivity index (χ1) is 14.8. The zero-order valence-electron chi connectivity index (χ0n) is 18.0. The fourth-order valence-electron chi connectivity index (χ4n) is 2.60. The Labute approximate surface area is 181 Å². The molecule has 1 aromatic heterocycles. The molecule has 2 aromatic rings. The molecule has 0 aliphatic heterocycles. The summed E-state index contributed by atoms with van der Waals surface area (Å²) < 4.78 is 0. The molecular formula is C21H29N7O3. The van der Waals surface area contributed by atoms with Gasteiger partial charge in [-0.3, -0.25) is 14.6 Å². The zero-order valence-corrected chi connectivity index (χ0v) is 18.0. The van der Waals surface area contributed by atoms with Crippen LogP contribution in [0.15, 0.2) is 42.6 Å². The largest absolute Gasteiger partial charge is 0.397 e. The highest BCUT2D eigenvalue weighted by Crippen LogP contribution is 2.17. The molecule has 166 valence electrons. The second kappa shape index (κ2) is 11.5. The summed E-state index contributed by atoms with van der Waals surface area (Å²) in [6, 6.07) is 9.95. The molecule has 10 heteroatoms. The second-order valence-electron chi connectivity index (χ2n) is 7.15. The summed E-state index contributed by atoms with van der Waals surface area (Å²) in [7, 11) is 5.33. The Hall–Kier alpha value is -3.66. The Morgan fingerprint density at radius 1 is 1.06 bits per heavy atom. The number of nitrogens with one attached hydrogen (secondary N) is 3. The third-order valence-corrected chi connectivity index (χ3v) is 4.42. The number of hydrogen-bond donors (Lipinski definition) is 4. The van der Waals surface area contributed by atoms with Gasteiger partial charge in [0.2, 0.25) is 5.91 Å². The van der Waals surface area contributed by atoms with E-state index in [0.29, 0.717) is 24.5 Å². The van der Waals surface area contributed by atoms with Gasteiger partial charge in [0.25, 0.3) is 5.91 Å². The van der Waals surface area contributed by atoms with Gasteiger partial charge < -0.3 is 31.5 Å². The molecule has 10 nitrogen and oxygen atoms in total. The van der Waals surface area contributed by atoms with Crippen molar-refractivity contribution in [1.29, 1.82) is 0 Å². The number of aromatic nitrogens is 1. The molecule has 1 heterocycles. The van der Waals surface area contributed by atoms with E-state index in [9.17, 15) is 14.4 Å². The smallest absolute Gasteiger partial charge is 0.318 e. The van der Waals surface area contributed by atoms with Crippen LogP contribution in [0.4, 0.5) is 16.2 Å². The lowest BCUT2D eigenvalue weighted by Gasteiger charge is -2.24. The average molecular weight is 428 g/mol. The highest BCUT2D eigenvalue weighted by Gasteiger charge is 2.16. The van der Waals surface area contributed by atoms with Crippen molar-refractivity contribution < 1.29 is 14.4 Å². The highest BCUT2D eigenvalue weighted by atomic mass is 16.2. The summed E-state index contributed by atoms with van der Waals surface area (Å²) in [6.07, 6.45) is 1.55. The van der Waals surface area contributed by atoms with Gasteiger partial charge in [-0.2, -0.15) is 0 Å². The van der Waals surface area contributed by atoms with Gasteiger partial charge >= 0.3 is 6.03 Å². The van der Waals surface area contributed by atoms with Gasteiger partial charge in [-0.05, 0) is 37.9 Å². The van der Waals surface area contributed by atoms with Gasteiger partial charge in [0.15, 0.2) is 0 Å². The maximum Gasteiger partial charge on any atom is 0.318 e. The second-order valence-corrected chi connectivity index (χ2v) is 7.15. The molecule has 0 atom stereocenters. The number of rotatable bonds is 9. The number of urea groups is 1. The standard InChI is InChI=1S/C21H29N7O3/c1-23-19(29)13-25-21(31)28(11-10-27(2)3)14-15-8-9-18(24-12-15)20(30)26-17-7-5-4-6-16(17)22/h4-9,12H,10-11,13-14,22H2,1-3H3,(H,23,29)(H,25,31)(H,26,30). The van der Waals surface area contributed by atoms with Crippen LogP contribution < -0.4 is 21.7 Å². The quantitative estimate of drug-likeness (QED) is 0.436. The zero-order chi connectivity index (χ0) is 22.8. The van der Waals surface area contributed by atoms with Gasteiger partial charge in [0.1, 0.15) is 5.69 Å². The van der Waals surface area contributed by atoms with Crippen molar-refractivity contribution in [3.8, 4) is 0 Å². The molecule has 0 fully saturated rings. The summed E-state index contributed by atoms with van der Waals surface area (Å²) in [5, 5.41) is 7.79. The number of anilines is 2. The van der Waals surface area contributed by atoms with Crippen LogP contribution in [-0.2, 0) is 11.3 Å². The van der Waals surface area contributed by atoms with E-state index in [1.165, 1.54) is 7.05 Å². The summed E-state index contributed by atoms with van der Waals surface area (Å²) in [4.78, 5) is 44.1. The minimum absolute atomic E-state index is 0.103. The van der Waals surface area contributed by atoms with E-state index in [1.807, 2.05) is 19.0 Å². The molecular weight excluding hydrogens is 398 g/mol. The Morgan fingerprint density at radius 3 is 2.42 bits per heavy atom. The summed E-state index contributed by atoms with van der Waals surface area (Å²) >= 11 is 0. The Morgan fingerprint density at radius 2 is 1.81 bits per heavy atom. The molecule has 31 heavy (non-hydrogen) atoms. The van der Waals surface area contributed by atoms with Crippen molar-refractivity contribution in [3.05, 3.63) is 53.9 Å². The van der Waals surface area contributed by atoms with Gasteiger partial charge in [-0.25, -0.2) is 4.79 Å². The van der Waals surface area contributed by atoms with Gasteiger partial charge in [-0.1, -0.05) is 18.2 Å². The number of amides is 4. The van der Waals surface area contributed by atoms with E-state index in [1.54, 1.807) is 47.5 Å². The number of hydrogen-bond acceptors (Lipinski definition) is 6. The summed E-state index contributed by atoms with van der Waals surface area (Å²) in [6.45, 7) is 1.30. The van der Waals surface area contributed by atoms with Crippen LogP contribution in [0, 0.1) is 0 Å². The highest BCUT2D eigenvalue weighted by molar-refractivity contribution is 6.04. The number of nitrogens with zero attached hydrogens (tertiary/aromatic N) is 3. The number of nitrogens with two attached hydrogens (primary N) is 1. The van der Waals surface area contributed by atoms with Crippen molar-refractivity contribution in [2.24, 2.45) is 0 Å². The molecule has 5 N–H and O–H groups in total. The predicted molar refractivity (Wildman–Crippen MR) is 119 cm³/mol. The summed E-state index contributed by atoms with van der Waals surface area (Å²) in [5.41, 5.74) is 7.82. The van der Waals surface area contributed by atoms with Crippen LogP contribution in [0.1, 0.15) is 16.1 Å². The van der Waals surface area contributed by atoms with Crippen molar-refractivity contribution in [2.75, 3.05) is 51.8 Å². The number of likely N-dealkylation sites (N-methyl/N-ethyl adjacent to an activating group) is 2. The van der Waals surface area contributed by atoms with Crippen molar-refractivity contribution in [2.45, 2.75) is 6.54 Å². The molecule has 0 spiro atoms. The van der Waals surface area contributed by atoms with Crippen LogP contribution in [0.25, 0.3) is 0 Å². The monoisotopic (exact) mass is 427 g/mol. The van der Waals surface area contributed by atoms with Crippen LogP contribution in [0.3, 0.4) is 0 Å². The number of carbonyl (C=O) groups excluding carboxylic acids is 3. The molecule has 1 aromatic carbocycles. The Bertz CT molecular complexity index is 900. The van der Waals surface area contributed by atoms with Crippen LogP contribution in [0.2, 0.25) is 0 Å². The topological polar surface area (TPSA) is 133 Å². The van der Waals surface area contributed by atoms with Crippen molar-refractivity contribution >= 4 is 29.2 Å². The molecule has 0 aliphatic rings. The lowest BCUT2D eigenvalue weighted by molar-refractivity contribution is -0.119. The minimum Gasteiger partial charge on any atom is -0.397 e. The van der Waals surface area contributed by atoms with E-state index in [0.717, 1.165) is 5.56 Å². The minimum atomic E-state index is -0.378. The fourth-order valence-corrected chi connectivity index (χ4v) is 2.60. The lowest BCUT2D eigenvalue weighted by Crippen LogP contribution is -2.45. The van der Waals surface area contributed by atoms with Crippen molar-refractivity contribution in [3.63, 3.8) is 0 Å². The average Bonchev–Trinajstić information content (AvgIpc) is 2.76. The van der Waals surface area contributed by atoms with E-state index >= 15 is 0 Å². The van der Waals surface area contributed by atoms with Crippen LogP contribution >= 0.6 is 0 Å². The maximum atomic E-state index is 12.5. The normalized spacial score (nSPS) is 10.5. The molecule has 0 saturated carbocycles. The van der Waals surface area contributed by atoms with E-state index < -0.39 is 0 Å². The molecule has 0 radical (unpaired) electrons. The lowest BCUT2D eigenvalue weighted by atomic mass is 10.2. The van der Waals surface area contributed by atoms with Crippen LogP contribution in [-0.4, -0.2) is 73.4 Å². The number of carbonyl (C=O) groups is 3. The SMILES string of the molecule is CNC(=O)CNC(=O)N(CCN(C)C)Cc1ccc(C(=O)Nc2ccccc2N)nc1. The molecule has 0 bridgehead atoms. The molecule has 0 unspecified atom stereocenters. The van der Waals surface area contributed by atoms with Gasteiger partial charge in [0.05, 0.1) is 17.9 Å². The van der Waals surface area contributed by atoms with E-state index in [-0.39, 0.29) is 36.6 Å². The fraction of sp³-hybridized carbons (Fsp3) is 0.333. The molecule has 0 saturated heterocycles. The molecule has 2 rings (SSSR count). The first-order valence-corrected chi connectivity index (χ1v) is 9.79.